The van der Waals surface area contributed by atoms with Crippen molar-refractivity contribution in [3.63, 3.8) is 0 Å². The lowest BCUT2D eigenvalue weighted by Crippen LogP contribution is -2.46. The molecule has 0 aliphatic carbocycles. The van der Waals surface area contributed by atoms with E-state index >= 15 is 0 Å². The van der Waals surface area contributed by atoms with Gasteiger partial charge in [-0.2, -0.15) is 0 Å². The van der Waals surface area contributed by atoms with Gasteiger partial charge in [-0.05, 0) is 30.5 Å². The zero-order chi connectivity index (χ0) is 15.9. The standard InChI is InChI=1S/C16H21FN2O3/c1-22-11-15(20)18-10-14(19-7-3-6-16(19)21)9-12-4-2-5-13(17)8-12/h2,4-5,8,14H,3,6-7,9-11H2,1H3,(H,18,20)/t14-/m1/s1. The van der Waals surface area contributed by atoms with Gasteiger partial charge < -0.3 is 15.0 Å². The number of likely N-dealkylation sites (tertiary alicyclic amines) is 1. The summed E-state index contributed by atoms with van der Waals surface area (Å²) in [6.07, 6.45) is 1.87. The van der Waals surface area contributed by atoms with Crippen LogP contribution in [0.5, 0.6) is 0 Å². The number of benzene rings is 1. The van der Waals surface area contributed by atoms with Crippen LogP contribution >= 0.6 is 0 Å². The second-order valence-electron chi connectivity index (χ2n) is 5.42. The van der Waals surface area contributed by atoms with Gasteiger partial charge in [-0.25, -0.2) is 4.39 Å². The summed E-state index contributed by atoms with van der Waals surface area (Å²) in [6, 6.07) is 6.16. The molecule has 0 saturated carbocycles. The summed E-state index contributed by atoms with van der Waals surface area (Å²) in [6.45, 7) is 1.00. The molecule has 1 saturated heterocycles. The van der Waals surface area contributed by atoms with Crippen LogP contribution in [-0.4, -0.2) is 49.6 Å². The number of nitrogens with one attached hydrogen (secondary N) is 1. The van der Waals surface area contributed by atoms with E-state index < -0.39 is 0 Å². The minimum absolute atomic E-state index is 0.0133. The number of halogens is 1. The van der Waals surface area contributed by atoms with Crippen LogP contribution in [0.25, 0.3) is 0 Å². The van der Waals surface area contributed by atoms with Gasteiger partial charge in [0.2, 0.25) is 11.8 Å². The maximum Gasteiger partial charge on any atom is 0.246 e. The van der Waals surface area contributed by atoms with Crippen molar-refractivity contribution in [2.75, 3.05) is 26.8 Å². The number of rotatable bonds is 7. The highest BCUT2D eigenvalue weighted by Crippen LogP contribution is 2.17. The Morgan fingerprint density at radius 1 is 1.50 bits per heavy atom. The zero-order valence-corrected chi connectivity index (χ0v) is 12.7. The molecule has 1 N–H and O–H groups in total. The second-order valence-corrected chi connectivity index (χ2v) is 5.42. The van der Waals surface area contributed by atoms with E-state index in [4.69, 9.17) is 4.74 Å². The molecule has 0 spiro atoms. The molecule has 1 aromatic carbocycles. The van der Waals surface area contributed by atoms with Crippen molar-refractivity contribution in [2.24, 2.45) is 0 Å². The van der Waals surface area contributed by atoms with E-state index in [2.05, 4.69) is 5.32 Å². The van der Waals surface area contributed by atoms with Gasteiger partial charge in [-0.15, -0.1) is 0 Å². The Balaban J connectivity index is 2.04. The van der Waals surface area contributed by atoms with Crippen LogP contribution in [0.3, 0.4) is 0 Å². The van der Waals surface area contributed by atoms with E-state index in [1.165, 1.54) is 19.2 Å². The summed E-state index contributed by atoms with van der Waals surface area (Å²) >= 11 is 0. The summed E-state index contributed by atoms with van der Waals surface area (Å²) in [5.74, 6) is -0.437. The molecule has 22 heavy (non-hydrogen) atoms. The summed E-state index contributed by atoms with van der Waals surface area (Å²) in [7, 11) is 1.45. The number of carbonyl (C=O) groups excluding carboxylic acids is 2. The lowest BCUT2D eigenvalue weighted by Gasteiger charge is -2.28. The molecule has 1 heterocycles. The number of methoxy groups -OCH3 is 1. The van der Waals surface area contributed by atoms with E-state index in [0.29, 0.717) is 25.9 Å². The fourth-order valence-corrected chi connectivity index (χ4v) is 2.70. The fourth-order valence-electron chi connectivity index (χ4n) is 2.70. The molecule has 2 rings (SSSR count). The van der Waals surface area contributed by atoms with Crippen molar-refractivity contribution in [3.8, 4) is 0 Å². The molecule has 0 radical (unpaired) electrons. The van der Waals surface area contributed by atoms with Gasteiger partial charge >= 0.3 is 0 Å². The van der Waals surface area contributed by atoms with Crippen molar-refractivity contribution < 1.29 is 18.7 Å². The van der Waals surface area contributed by atoms with E-state index in [-0.39, 0.29) is 30.3 Å². The molecule has 0 aromatic heterocycles. The van der Waals surface area contributed by atoms with E-state index in [1.54, 1.807) is 11.0 Å². The van der Waals surface area contributed by atoms with Gasteiger partial charge in [-0.1, -0.05) is 12.1 Å². The van der Waals surface area contributed by atoms with Crippen molar-refractivity contribution in [3.05, 3.63) is 35.6 Å². The highest BCUT2D eigenvalue weighted by Gasteiger charge is 2.28. The molecule has 1 atom stereocenters. The largest absolute Gasteiger partial charge is 0.375 e. The Labute approximate surface area is 129 Å². The number of hydrogen-bond acceptors (Lipinski definition) is 3. The van der Waals surface area contributed by atoms with Crippen LogP contribution in [0.15, 0.2) is 24.3 Å². The topological polar surface area (TPSA) is 58.6 Å². The number of carbonyl (C=O) groups is 2. The maximum absolute atomic E-state index is 13.3. The summed E-state index contributed by atoms with van der Waals surface area (Å²) in [5.41, 5.74) is 0.811. The van der Waals surface area contributed by atoms with Gasteiger partial charge in [0.25, 0.3) is 0 Å². The molecule has 0 unspecified atom stereocenters. The number of ether oxygens (including phenoxy) is 1. The maximum atomic E-state index is 13.3. The minimum Gasteiger partial charge on any atom is -0.375 e. The molecule has 120 valence electrons. The Morgan fingerprint density at radius 2 is 2.32 bits per heavy atom. The number of amides is 2. The quantitative estimate of drug-likeness (QED) is 0.821. The SMILES string of the molecule is COCC(=O)NC[C@@H](Cc1cccc(F)c1)N1CCCC1=O. The van der Waals surface area contributed by atoms with Crippen molar-refractivity contribution in [2.45, 2.75) is 25.3 Å². The van der Waals surface area contributed by atoms with Crippen LogP contribution in [0, 0.1) is 5.82 Å². The van der Waals surface area contributed by atoms with Crippen LogP contribution < -0.4 is 5.32 Å². The van der Waals surface area contributed by atoms with Gasteiger partial charge in [0, 0.05) is 26.6 Å². The van der Waals surface area contributed by atoms with Crippen molar-refractivity contribution in [1.82, 2.24) is 10.2 Å². The highest BCUT2D eigenvalue weighted by molar-refractivity contribution is 5.79. The Kier molecular flexibility index (Phi) is 5.89. The zero-order valence-electron chi connectivity index (χ0n) is 12.7. The van der Waals surface area contributed by atoms with Crippen LogP contribution in [-0.2, 0) is 20.7 Å². The van der Waals surface area contributed by atoms with Crippen LogP contribution in [0.4, 0.5) is 4.39 Å². The average Bonchev–Trinajstić information content (AvgIpc) is 2.90. The lowest BCUT2D eigenvalue weighted by atomic mass is 10.0. The third-order valence-corrected chi connectivity index (χ3v) is 3.72. The highest BCUT2D eigenvalue weighted by atomic mass is 19.1. The van der Waals surface area contributed by atoms with Crippen LogP contribution in [0.2, 0.25) is 0 Å². The molecule has 1 aromatic rings. The first-order valence-corrected chi connectivity index (χ1v) is 7.39. The molecular formula is C16H21FN2O3. The smallest absolute Gasteiger partial charge is 0.246 e. The van der Waals surface area contributed by atoms with Crippen molar-refractivity contribution >= 4 is 11.8 Å². The molecule has 2 amide bonds. The first-order valence-electron chi connectivity index (χ1n) is 7.39. The van der Waals surface area contributed by atoms with Gasteiger partial charge in [-0.3, -0.25) is 9.59 Å². The summed E-state index contributed by atoms with van der Waals surface area (Å²) in [4.78, 5) is 25.3. The predicted octanol–water partition coefficient (Wildman–Crippen LogP) is 1.12. The van der Waals surface area contributed by atoms with E-state index in [9.17, 15) is 14.0 Å². The third-order valence-electron chi connectivity index (χ3n) is 3.72. The van der Waals surface area contributed by atoms with Gasteiger partial charge in [0.15, 0.2) is 0 Å². The van der Waals surface area contributed by atoms with Crippen LogP contribution in [0.1, 0.15) is 18.4 Å². The third kappa shape index (κ3) is 4.53. The molecule has 1 aliphatic heterocycles. The Bertz CT molecular complexity index is 536. The van der Waals surface area contributed by atoms with E-state index in [0.717, 1.165) is 12.0 Å². The van der Waals surface area contributed by atoms with Crippen molar-refractivity contribution in [1.29, 1.82) is 0 Å². The number of nitrogens with zero attached hydrogens (tertiary/aromatic N) is 1. The second kappa shape index (κ2) is 7.89. The lowest BCUT2D eigenvalue weighted by molar-refractivity contribution is -0.131. The predicted molar refractivity (Wildman–Crippen MR) is 79.7 cm³/mol. The molecule has 0 bridgehead atoms. The monoisotopic (exact) mass is 308 g/mol. The average molecular weight is 308 g/mol. The Hall–Kier alpha value is -1.95. The molecule has 5 nitrogen and oxygen atoms in total. The first kappa shape index (κ1) is 16.4. The molecule has 1 aliphatic rings. The summed E-state index contributed by atoms with van der Waals surface area (Å²) < 4.78 is 18.1. The summed E-state index contributed by atoms with van der Waals surface area (Å²) in [5, 5.41) is 2.76. The normalized spacial score (nSPS) is 15.9. The molecular weight excluding hydrogens is 287 g/mol. The fraction of sp³-hybridized carbons (Fsp3) is 0.500. The molecule has 1 fully saturated rings. The van der Waals surface area contributed by atoms with E-state index in [1.807, 2.05) is 6.07 Å². The van der Waals surface area contributed by atoms with Gasteiger partial charge in [0.1, 0.15) is 12.4 Å². The molecule has 6 heteroatoms. The van der Waals surface area contributed by atoms with Gasteiger partial charge in [0.05, 0.1) is 6.04 Å². The number of hydrogen-bond donors (Lipinski definition) is 1. The Morgan fingerprint density at radius 3 is 2.95 bits per heavy atom. The first-order chi connectivity index (χ1) is 10.6. The minimum atomic E-state index is -0.299.